The minimum absolute atomic E-state index is 0.0631. The van der Waals surface area contributed by atoms with Crippen LogP contribution in [0.4, 0.5) is 17.1 Å². The molecule has 0 atom stereocenters. The molecule has 56 heavy (non-hydrogen) atoms. The van der Waals surface area contributed by atoms with Crippen molar-refractivity contribution >= 4 is 50.1 Å². The molecule has 0 bridgehead atoms. The van der Waals surface area contributed by atoms with Crippen LogP contribution in [0.3, 0.4) is 0 Å². The van der Waals surface area contributed by atoms with Gasteiger partial charge in [-0.25, -0.2) is 4.98 Å². The molecule has 0 aliphatic heterocycles. The topological polar surface area (TPSA) is 42.4 Å². The number of aromatic nitrogens is 1. The quantitative estimate of drug-likeness (QED) is 0.171. The molecule has 0 fully saturated rings. The third-order valence-electron chi connectivity index (χ3n) is 11.5. The average Bonchev–Trinajstić information content (AvgIpc) is 3.90. The minimum Gasteiger partial charge on any atom is -0.456 e. The van der Waals surface area contributed by atoms with E-state index in [9.17, 15) is 0 Å². The number of rotatable bonds is 6. The van der Waals surface area contributed by atoms with Crippen molar-refractivity contribution in [2.45, 2.75) is 19.3 Å². The fourth-order valence-corrected chi connectivity index (χ4v) is 8.69. The number of oxazole rings is 1. The number of hydrogen-bond acceptors (Lipinski definition) is 4. The van der Waals surface area contributed by atoms with Crippen LogP contribution in [0.1, 0.15) is 25.0 Å². The van der Waals surface area contributed by atoms with Gasteiger partial charge in [0, 0.05) is 44.8 Å². The highest BCUT2D eigenvalue weighted by molar-refractivity contribution is 6.10. The second-order valence-electron chi connectivity index (χ2n) is 15.2. The lowest BCUT2D eigenvalue weighted by Crippen LogP contribution is -2.15. The maximum absolute atomic E-state index is 6.33. The zero-order valence-electron chi connectivity index (χ0n) is 31.0. The highest BCUT2D eigenvalue weighted by Gasteiger charge is 2.35. The summed E-state index contributed by atoms with van der Waals surface area (Å²) >= 11 is 0. The number of anilines is 3. The Morgan fingerprint density at radius 1 is 0.429 bits per heavy atom. The molecule has 1 aliphatic carbocycles. The first-order valence-electron chi connectivity index (χ1n) is 19.1. The molecule has 2 heterocycles. The maximum atomic E-state index is 6.33. The Kier molecular flexibility index (Phi) is 7.17. The van der Waals surface area contributed by atoms with Gasteiger partial charge >= 0.3 is 0 Å². The van der Waals surface area contributed by atoms with Crippen LogP contribution in [0.25, 0.3) is 77.9 Å². The maximum Gasteiger partial charge on any atom is 0.227 e. The molecule has 0 spiro atoms. The molecule has 0 radical (unpaired) electrons. The Balaban J connectivity index is 1.02. The first kappa shape index (κ1) is 32.3. The van der Waals surface area contributed by atoms with E-state index in [1.807, 2.05) is 36.4 Å². The fourth-order valence-electron chi connectivity index (χ4n) is 8.69. The van der Waals surface area contributed by atoms with Gasteiger partial charge in [0.25, 0.3) is 0 Å². The Bertz CT molecular complexity index is 3100. The highest BCUT2D eigenvalue weighted by Crippen LogP contribution is 2.51. The number of furan rings is 1. The smallest absolute Gasteiger partial charge is 0.227 e. The van der Waals surface area contributed by atoms with Gasteiger partial charge in [-0.3, -0.25) is 0 Å². The molecule has 2 aromatic heterocycles. The molecule has 11 rings (SSSR count). The third-order valence-corrected chi connectivity index (χ3v) is 11.5. The largest absolute Gasteiger partial charge is 0.456 e. The van der Waals surface area contributed by atoms with Gasteiger partial charge < -0.3 is 13.7 Å². The van der Waals surface area contributed by atoms with E-state index in [1.165, 1.54) is 33.4 Å². The first-order valence-corrected chi connectivity index (χ1v) is 19.1. The number of nitrogens with zero attached hydrogens (tertiary/aromatic N) is 2. The molecule has 1 aliphatic rings. The monoisotopic (exact) mass is 720 g/mol. The van der Waals surface area contributed by atoms with E-state index in [0.29, 0.717) is 11.5 Å². The summed E-state index contributed by atoms with van der Waals surface area (Å²) in [5.41, 5.74) is 17.3. The van der Waals surface area contributed by atoms with E-state index in [2.05, 4.69) is 164 Å². The molecule has 0 amide bonds. The van der Waals surface area contributed by atoms with Crippen molar-refractivity contribution in [2.24, 2.45) is 0 Å². The van der Waals surface area contributed by atoms with Gasteiger partial charge in [0.05, 0.1) is 5.69 Å². The standard InChI is InChI=1S/C52H36N2O2/c1-52(2)44-19-11-9-18-40(44)41-30-38(26-27-45(41)52)54(47-20-12-10-17-39(47)34-13-5-3-6-14-34)37-24-21-33(22-25-37)36-23-28-48-42(29-36)43-31-46-50(32-49(43)55-48)56-51(53-46)35-15-7-4-8-16-35/h3-32H,1-2H3. The molecule has 4 heteroatoms. The van der Waals surface area contributed by atoms with Crippen molar-refractivity contribution in [1.82, 2.24) is 4.98 Å². The van der Waals surface area contributed by atoms with Crippen LogP contribution in [0, 0.1) is 0 Å². The van der Waals surface area contributed by atoms with Crippen molar-refractivity contribution in [2.75, 3.05) is 4.90 Å². The number of benzene rings is 8. The van der Waals surface area contributed by atoms with Crippen molar-refractivity contribution in [3.8, 4) is 44.8 Å². The summed E-state index contributed by atoms with van der Waals surface area (Å²) in [5.74, 6) is 0.604. The van der Waals surface area contributed by atoms with Gasteiger partial charge in [0.1, 0.15) is 16.7 Å². The van der Waals surface area contributed by atoms with Crippen molar-refractivity contribution in [3.05, 3.63) is 193 Å². The Labute approximate surface area is 324 Å². The molecule has 4 nitrogen and oxygen atoms in total. The van der Waals surface area contributed by atoms with Crippen molar-refractivity contribution in [1.29, 1.82) is 0 Å². The molecule has 0 saturated heterocycles. The summed E-state index contributed by atoms with van der Waals surface area (Å²) in [6, 6.07) is 64.6. The van der Waals surface area contributed by atoms with Gasteiger partial charge in [-0.15, -0.1) is 0 Å². The Morgan fingerprint density at radius 2 is 1.07 bits per heavy atom. The molecule has 266 valence electrons. The van der Waals surface area contributed by atoms with E-state index in [4.69, 9.17) is 13.8 Å². The van der Waals surface area contributed by atoms with Crippen LogP contribution in [0.15, 0.2) is 191 Å². The van der Waals surface area contributed by atoms with Gasteiger partial charge in [0.15, 0.2) is 5.58 Å². The van der Waals surface area contributed by atoms with Crippen LogP contribution < -0.4 is 4.90 Å². The van der Waals surface area contributed by atoms with Gasteiger partial charge in [-0.05, 0) is 99.6 Å². The summed E-state index contributed by atoms with van der Waals surface area (Å²) < 4.78 is 12.5. The highest BCUT2D eigenvalue weighted by atomic mass is 16.4. The minimum atomic E-state index is -0.0631. The zero-order chi connectivity index (χ0) is 37.4. The Morgan fingerprint density at radius 3 is 1.88 bits per heavy atom. The lowest BCUT2D eigenvalue weighted by molar-refractivity contribution is 0.617. The number of fused-ring (bicyclic) bond motifs is 7. The van der Waals surface area contributed by atoms with E-state index in [0.717, 1.165) is 61.2 Å². The summed E-state index contributed by atoms with van der Waals surface area (Å²) in [5, 5.41) is 2.07. The van der Waals surface area contributed by atoms with Gasteiger partial charge in [0.2, 0.25) is 5.89 Å². The van der Waals surface area contributed by atoms with Gasteiger partial charge in [-0.2, -0.15) is 0 Å². The second kappa shape index (κ2) is 12.4. The van der Waals surface area contributed by atoms with Crippen LogP contribution in [0.2, 0.25) is 0 Å². The summed E-state index contributed by atoms with van der Waals surface area (Å²) in [6.45, 7) is 4.66. The number of para-hydroxylation sites is 1. The molecule has 0 saturated carbocycles. The lowest BCUT2D eigenvalue weighted by atomic mass is 9.82. The number of hydrogen-bond donors (Lipinski definition) is 0. The third kappa shape index (κ3) is 5.10. The van der Waals surface area contributed by atoms with Crippen LogP contribution >= 0.6 is 0 Å². The molecule has 10 aromatic rings. The molecule has 0 unspecified atom stereocenters. The summed E-state index contributed by atoms with van der Waals surface area (Å²) in [4.78, 5) is 7.23. The normalized spacial score (nSPS) is 13.0. The SMILES string of the molecule is CC1(C)c2ccccc2-c2cc(N(c3ccc(-c4ccc5oc6cc7oc(-c8ccccc8)nc7cc6c5c4)cc3)c3ccccc3-c3ccccc3)ccc21. The van der Waals surface area contributed by atoms with Crippen LogP contribution in [0.5, 0.6) is 0 Å². The predicted octanol–water partition coefficient (Wildman–Crippen LogP) is 14.5. The van der Waals surface area contributed by atoms with E-state index < -0.39 is 0 Å². The first-order chi connectivity index (χ1) is 27.5. The summed E-state index contributed by atoms with van der Waals surface area (Å²) in [6.07, 6.45) is 0. The van der Waals surface area contributed by atoms with E-state index in [1.54, 1.807) is 0 Å². The zero-order valence-corrected chi connectivity index (χ0v) is 31.0. The van der Waals surface area contributed by atoms with Gasteiger partial charge in [-0.1, -0.05) is 129 Å². The molecule has 0 N–H and O–H groups in total. The van der Waals surface area contributed by atoms with Crippen LogP contribution in [-0.4, -0.2) is 4.98 Å². The van der Waals surface area contributed by atoms with Crippen molar-refractivity contribution in [3.63, 3.8) is 0 Å². The predicted molar refractivity (Wildman–Crippen MR) is 230 cm³/mol. The molecular formula is C52H36N2O2. The average molecular weight is 721 g/mol. The van der Waals surface area contributed by atoms with E-state index >= 15 is 0 Å². The van der Waals surface area contributed by atoms with Crippen molar-refractivity contribution < 1.29 is 8.83 Å². The van der Waals surface area contributed by atoms with Crippen LogP contribution in [-0.2, 0) is 5.41 Å². The Hall–Kier alpha value is -7.17. The fraction of sp³-hybridized carbons (Fsp3) is 0.0577. The summed E-state index contributed by atoms with van der Waals surface area (Å²) in [7, 11) is 0. The lowest BCUT2D eigenvalue weighted by Gasteiger charge is -2.29. The molecule has 8 aromatic carbocycles. The molecular weight excluding hydrogens is 685 g/mol. The van der Waals surface area contributed by atoms with E-state index in [-0.39, 0.29) is 5.41 Å². The second-order valence-corrected chi connectivity index (χ2v) is 15.2.